The number of rotatable bonds is 5. The van der Waals surface area contributed by atoms with E-state index in [1.54, 1.807) is 7.11 Å². The van der Waals surface area contributed by atoms with Gasteiger partial charge in [0.2, 0.25) is 5.95 Å². The fraction of sp³-hybridized carbons (Fsp3) is 0.750. The molecule has 4 heteroatoms. The van der Waals surface area contributed by atoms with Crippen molar-refractivity contribution in [3.8, 4) is 0 Å². The zero-order valence-electron chi connectivity index (χ0n) is 10.4. The summed E-state index contributed by atoms with van der Waals surface area (Å²) in [4.78, 5) is 4.38. The van der Waals surface area contributed by atoms with E-state index in [1.165, 1.54) is 19.3 Å². The Morgan fingerprint density at radius 3 is 2.94 bits per heavy atom. The van der Waals surface area contributed by atoms with Crippen LogP contribution in [0.3, 0.4) is 0 Å². The van der Waals surface area contributed by atoms with Crippen LogP contribution in [0.1, 0.15) is 39.2 Å². The minimum atomic E-state index is 0.246. The second kappa shape index (κ2) is 4.45. The molecule has 1 atom stereocenters. The van der Waals surface area contributed by atoms with Gasteiger partial charge in [-0.15, -0.1) is 0 Å². The molecule has 4 nitrogen and oxygen atoms in total. The molecule has 1 aromatic heterocycles. The van der Waals surface area contributed by atoms with Crippen molar-refractivity contribution in [2.45, 2.75) is 44.7 Å². The van der Waals surface area contributed by atoms with E-state index in [0.717, 1.165) is 5.95 Å². The SMILES string of the molecule is COCC(C)n1ccnc1NC1(C)CCC1. The number of nitrogens with one attached hydrogen (secondary N) is 1. The number of anilines is 1. The summed E-state index contributed by atoms with van der Waals surface area (Å²) < 4.78 is 7.32. The lowest BCUT2D eigenvalue weighted by Crippen LogP contribution is -2.42. The smallest absolute Gasteiger partial charge is 0.203 e. The first-order chi connectivity index (χ1) is 7.64. The molecule has 90 valence electrons. The van der Waals surface area contributed by atoms with Gasteiger partial charge in [0.1, 0.15) is 0 Å². The number of hydrogen-bond acceptors (Lipinski definition) is 3. The lowest BCUT2D eigenvalue weighted by molar-refractivity contribution is 0.162. The topological polar surface area (TPSA) is 39.1 Å². The molecule has 1 unspecified atom stereocenters. The van der Waals surface area contributed by atoms with Gasteiger partial charge < -0.3 is 14.6 Å². The molecule has 0 saturated heterocycles. The molecule has 1 aromatic rings. The molecule has 1 fully saturated rings. The maximum Gasteiger partial charge on any atom is 0.203 e. The largest absolute Gasteiger partial charge is 0.383 e. The van der Waals surface area contributed by atoms with Crippen molar-refractivity contribution in [1.82, 2.24) is 9.55 Å². The third-order valence-corrected chi connectivity index (χ3v) is 3.42. The van der Waals surface area contributed by atoms with Crippen LogP contribution in [0.2, 0.25) is 0 Å². The predicted octanol–water partition coefficient (Wildman–Crippen LogP) is 2.45. The Bertz CT molecular complexity index is 344. The number of hydrogen-bond donors (Lipinski definition) is 1. The van der Waals surface area contributed by atoms with E-state index in [-0.39, 0.29) is 5.54 Å². The Hall–Kier alpha value is -1.03. The number of imidazole rings is 1. The van der Waals surface area contributed by atoms with E-state index in [2.05, 4.69) is 28.7 Å². The second-order valence-corrected chi connectivity index (χ2v) is 5.00. The van der Waals surface area contributed by atoms with Crippen LogP contribution in [-0.2, 0) is 4.74 Å². The monoisotopic (exact) mass is 223 g/mol. The maximum absolute atomic E-state index is 5.18. The van der Waals surface area contributed by atoms with E-state index in [0.29, 0.717) is 12.6 Å². The van der Waals surface area contributed by atoms with Crippen LogP contribution in [-0.4, -0.2) is 28.8 Å². The molecule has 1 N–H and O–H groups in total. The maximum atomic E-state index is 5.18. The fourth-order valence-electron chi connectivity index (χ4n) is 2.19. The molecular weight excluding hydrogens is 202 g/mol. The minimum Gasteiger partial charge on any atom is -0.383 e. The molecule has 2 rings (SSSR count). The average Bonchev–Trinajstić information content (AvgIpc) is 2.64. The van der Waals surface area contributed by atoms with Gasteiger partial charge in [0.05, 0.1) is 12.6 Å². The molecule has 1 saturated carbocycles. The van der Waals surface area contributed by atoms with Crippen LogP contribution < -0.4 is 5.32 Å². The number of ether oxygens (including phenoxy) is 1. The molecular formula is C12H21N3O. The number of methoxy groups -OCH3 is 1. The van der Waals surface area contributed by atoms with Crippen molar-refractivity contribution < 1.29 is 4.74 Å². The first-order valence-corrected chi connectivity index (χ1v) is 5.94. The van der Waals surface area contributed by atoms with E-state index in [9.17, 15) is 0 Å². The third-order valence-electron chi connectivity index (χ3n) is 3.42. The van der Waals surface area contributed by atoms with Crippen molar-refractivity contribution in [3.63, 3.8) is 0 Å². The minimum absolute atomic E-state index is 0.246. The van der Waals surface area contributed by atoms with E-state index in [4.69, 9.17) is 4.74 Å². The standard InChI is InChI=1S/C12H21N3O/c1-10(9-16-3)15-8-7-13-11(15)14-12(2)5-4-6-12/h7-8,10H,4-6,9H2,1-3H3,(H,13,14). The summed E-state index contributed by atoms with van der Waals surface area (Å²) in [6.45, 7) is 5.11. The number of aromatic nitrogens is 2. The zero-order chi connectivity index (χ0) is 11.6. The Labute approximate surface area is 97.0 Å². The normalized spacial score (nSPS) is 20.2. The Morgan fingerprint density at radius 1 is 1.62 bits per heavy atom. The van der Waals surface area contributed by atoms with Crippen molar-refractivity contribution >= 4 is 5.95 Å². The highest BCUT2D eigenvalue weighted by atomic mass is 16.5. The van der Waals surface area contributed by atoms with Crippen molar-refractivity contribution in [2.24, 2.45) is 0 Å². The van der Waals surface area contributed by atoms with Crippen molar-refractivity contribution in [2.75, 3.05) is 19.0 Å². The van der Waals surface area contributed by atoms with Crippen molar-refractivity contribution in [1.29, 1.82) is 0 Å². The van der Waals surface area contributed by atoms with Gasteiger partial charge in [0.15, 0.2) is 0 Å². The summed E-state index contributed by atoms with van der Waals surface area (Å²) in [7, 11) is 1.73. The van der Waals surface area contributed by atoms with Gasteiger partial charge in [-0.3, -0.25) is 0 Å². The molecule has 0 radical (unpaired) electrons. The van der Waals surface area contributed by atoms with Crippen LogP contribution in [0.4, 0.5) is 5.95 Å². The number of nitrogens with zero attached hydrogens (tertiary/aromatic N) is 2. The molecule has 0 amide bonds. The summed E-state index contributed by atoms with van der Waals surface area (Å²) >= 11 is 0. The molecule has 0 spiro atoms. The zero-order valence-corrected chi connectivity index (χ0v) is 10.4. The molecule has 0 aliphatic heterocycles. The van der Waals surface area contributed by atoms with Crippen molar-refractivity contribution in [3.05, 3.63) is 12.4 Å². The summed E-state index contributed by atoms with van der Waals surface area (Å²) in [5, 5.41) is 3.54. The van der Waals surface area contributed by atoms with Gasteiger partial charge in [0.25, 0.3) is 0 Å². The Balaban J connectivity index is 2.06. The molecule has 0 aromatic carbocycles. The van der Waals surface area contributed by atoms with Crippen LogP contribution in [0.5, 0.6) is 0 Å². The van der Waals surface area contributed by atoms with E-state index in [1.807, 2.05) is 12.4 Å². The molecule has 16 heavy (non-hydrogen) atoms. The average molecular weight is 223 g/mol. The molecule has 0 bridgehead atoms. The summed E-state index contributed by atoms with van der Waals surface area (Å²) in [6.07, 6.45) is 7.64. The first-order valence-electron chi connectivity index (χ1n) is 5.94. The summed E-state index contributed by atoms with van der Waals surface area (Å²) in [6, 6.07) is 0.318. The lowest BCUT2D eigenvalue weighted by Gasteiger charge is -2.39. The van der Waals surface area contributed by atoms with Gasteiger partial charge in [-0.05, 0) is 33.1 Å². The molecule has 1 heterocycles. The quantitative estimate of drug-likeness (QED) is 0.833. The van der Waals surface area contributed by atoms with Gasteiger partial charge in [-0.25, -0.2) is 4.98 Å². The Morgan fingerprint density at radius 2 is 2.38 bits per heavy atom. The van der Waals surface area contributed by atoms with Crippen LogP contribution in [0.15, 0.2) is 12.4 Å². The Kier molecular flexibility index (Phi) is 3.19. The van der Waals surface area contributed by atoms with Crippen LogP contribution in [0.25, 0.3) is 0 Å². The highest BCUT2D eigenvalue weighted by Gasteiger charge is 2.32. The van der Waals surface area contributed by atoms with Crippen LogP contribution in [0, 0.1) is 0 Å². The lowest BCUT2D eigenvalue weighted by atomic mass is 9.79. The predicted molar refractivity (Wildman–Crippen MR) is 64.7 cm³/mol. The van der Waals surface area contributed by atoms with Gasteiger partial charge >= 0.3 is 0 Å². The highest BCUT2D eigenvalue weighted by Crippen LogP contribution is 2.34. The van der Waals surface area contributed by atoms with Crippen LogP contribution >= 0.6 is 0 Å². The molecule has 1 aliphatic carbocycles. The van der Waals surface area contributed by atoms with Gasteiger partial charge in [0, 0.05) is 25.0 Å². The van der Waals surface area contributed by atoms with E-state index >= 15 is 0 Å². The highest BCUT2D eigenvalue weighted by molar-refractivity contribution is 5.32. The summed E-state index contributed by atoms with van der Waals surface area (Å²) in [5.74, 6) is 0.965. The van der Waals surface area contributed by atoms with E-state index < -0.39 is 0 Å². The molecule has 1 aliphatic rings. The second-order valence-electron chi connectivity index (χ2n) is 5.00. The summed E-state index contributed by atoms with van der Waals surface area (Å²) in [5.41, 5.74) is 0.246. The fourth-order valence-corrected chi connectivity index (χ4v) is 2.19. The van der Waals surface area contributed by atoms with Gasteiger partial charge in [-0.1, -0.05) is 0 Å². The first kappa shape index (κ1) is 11.5. The van der Waals surface area contributed by atoms with Gasteiger partial charge in [-0.2, -0.15) is 0 Å². The third kappa shape index (κ3) is 2.21.